The smallest absolute Gasteiger partial charge is 0.464 e. The maximum Gasteiger partial charge on any atom is 0.532 e. The first-order valence-electron chi connectivity index (χ1n) is 8.67. The molecule has 132 valence electrons. The lowest BCUT2D eigenvalue weighted by Gasteiger charge is -2.32. The highest BCUT2D eigenvalue weighted by Gasteiger charge is 2.53. The second-order valence-corrected chi connectivity index (χ2v) is 7.46. The number of hydrogen-bond donors (Lipinski definition) is 0. The Morgan fingerprint density at radius 3 is 1.96 bits per heavy atom. The van der Waals surface area contributed by atoms with Crippen LogP contribution < -0.4 is 5.66 Å². The number of furan rings is 1. The lowest BCUT2D eigenvalue weighted by Crippen LogP contribution is -2.41. The zero-order valence-electron chi connectivity index (χ0n) is 15.4. The predicted octanol–water partition coefficient (Wildman–Crippen LogP) is 3.70. The minimum atomic E-state index is -0.555. The fraction of sp³-hybridized carbons (Fsp3) is 0.300. The molecule has 1 aliphatic heterocycles. The van der Waals surface area contributed by atoms with Crippen molar-refractivity contribution in [3.63, 3.8) is 0 Å². The van der Waals surface area contributed by atoms with Crippen LogP contribution in [0.5, 0.6) is 0 Å². The molecule has 4 rings (SSSR count). The third-order valence-corrected chi connectivity index (χ3v) is 5.13. The van der Waals surface area contributed by atoms with Crippen LogP contribution >= 0.6 is 0 Å². The molecule has 0 bridgehead atoms. The summed E-state index contributed by atoms with van der Waals surface area (Å²) in [7, 11) is -0.555. The first-order chi connectivity index (χ1) is 12.4. The van der Waals surface area contributed by atoms with Gasteiger partial charge in [0.05, 0.1) is 11.2 Å². The Labute approximate surface area is 153 Å². The van der Waals surface area contributed by atoms with Crippen LogP contribution in [0.25, 0.3) is 22.5 Å². The Hall–Kier alpha value is -2.44. The minimum Gasteiger partial charge on any atom is -0.464 e. The molecule has 26 heavy (non-hydrogen) atoms. The van der Waals surface area contributed by atoms with E-state index >= 15 is 0 Å². The van der Waals surface area contributed by atoms with Gasteiger partial charge in [0.25, 0.3) is 0 Å². The van der Waals surface area contributed by atoms with Gasteiger partial charge in [0, 0.05) is 41.5 Å². The van der Waals surface area contributed by atoms with E-state index in [1.54, 1.807) is 18.6 Å². The second kappa shape index (κ2) is 6.07. The average molecular weight is 348 g/mol. The molecule has 1 aliphatic rings. The molecule has 3 aromatic rings. The monoisotopic (exact) mass is 348 g/mol. The van der Waals surface area contributed by atoms with Crippen LogP contribution in [-0.4, -0.2) is 28.3 Å². The Balaban J connectivity index is 1.80. The molecule has 1 fully saturated rings. The van der Waals surface area contributed by atoms with Crippen molar-refractivity contribution in [1.29, 1.82) is 0 Å². The highest BCUT2D eigenvalue weighted by atomic mass is 16.7. The molecule has 0 saturated carbocycles. The summed E-state index contributed by atoms with van der Waals surface area (Å²) in [6.45, 7) is 8.11. The van der Waals surface area contributed by atoms with Gasteiger partial charge in [0.2, 0.25) is 0 Å². The Morgan fingerprint density at radius 1 is 0.846 bits per heavy atom. The van der Waals surface area contributed by atoms with Crippen LogP contribution in [0, 0.1) is 0 Å². The first kappa shape index (κ1) is 17.0. The van der Waals surface area contributed by atoms with E-state index < -0.39 is 18.3 Å². The Bertz CT molecular complexity index is 834. The average Bonchev–Trinajstić information content (AvgIpc) is 3.16. The predicted molar refractivity (Wildman–Crippen MR) is 101 cm³/mol. The van der Waals surface area contributed by atoms with Crippen molar-refractivity contribution < 1.29 is 13.7 Å². The van der Waals surface area contributed by atoms with Crippen LogP contribution in [0.2, 0.25) is 0 Å². The van der Waals surface area contributed by atoms with Crippen LogP contribution in [0.15, 0.2) is 59.5 Å². The standard InChI is InChI=1S/C20H21BN2O3/c1-19(2)20(3,4)26-21(25-19)17-11-16(14-7-5-9-22-12-14)18(24-17)15-8-6-10-23-13-15/h5-13H,1-4H3. The summed E-state index contributed by atoms with van der Waals surface area (Å²) in [5.74, 6) is 0.732. The van der Waals surface area contributed by atoms with Crippen molar-refractivity contribution >= 4 is 12.8 Å². The molecule has 0 aliphatic carbocycles. The summed E-state index contributed by atoms with van der Waals surface area (Å²) >= 11 is 0. The molecule has 6 heteroatoms. The number of rotatable bonds is 3. The fourth-order valence-corrected chi connectivity index (χ4v) is 2.93. The first-order valence-corrected chi connectivity index (χ1v) is 8.67. The largest absolute Gasteiger partial charge is 0.532 e. The third-order valence-electron chi connectivity index (χ3n) is 5.13. The van der Waals surface area contributed by atoms with Crippen LogP contribution in [0.4, 0.5) is 0 Å². The van der Waals surface area contributed by atoms with E-state index in [2.05, 4.69) is 9.97 Å². The summed E-state index contributed by atoms with van der Waals surface area (Å²) in [5, 5.41) is 0. The lowest BCUT2D eigenvalue weighted by atomic mass is 9.85. The molecule has 0 atom stereocenters. The van der Waals surface area contributed by atoms with E-state index in [0.29, 0.717) is 5.66 Å². The molecule has 0 amide bonds. The van der Waals surface area contributed by atoms with Crippen LogP contribution in [0.1, 0.15) is 27.7 Å². The Kier molecular flexibility index (Phi) is 3.97. The summed E-state index contributed by atoms with van der Waals surface area (Å²) in [6.07, 6.45) is 7.10. The minimum absolute atomic E-state index is 0.423. The maximum atomic E-state index is 6.21. The van der Waals surface area contributed by atoms with Gasteiger partial charge in [0.1, 0.15) is 11.4 Å². The highest BCUT2D eigenvalue weighted by molar-refractivity contribution is 6.60. The fourth-order valence-electron chi connectivity index (χ4n) is 2.93. The Morgan fingerprint density at radius 2 is 1.42 bits per heavy atom. The van der Waals surface area contributed by atoms with Gasteiger partial charge in [-0.05, 0) is 52.0 Å². The lowest BCUT2D eigenvalue weighted by molar-refractivity contribution is 0.00578. The zero-order valence-corrected chi connectivity index (χ0v) is 15.4. The van der Waals surface area contributed by atoms with E-state index in [1.165, 1.54) is 0 Å². The van der Waals surface area contributed by atoms with Crippen LogP contribution in [0.3, 0.4) is 0 Å². The molecule has 1 saturated heterocycles. The molecule has 0 unspecified atom stereocenters. The van der Waals surface area contributed by atoms with Gasteiger partial charge in [-0.1, -0.05) is 6.07 Å². The van der Waals surface area contributed by atoms with E-state index in [4.69, 9.17) is 13.7 Å². The molecular formula is C20H21BN2O3. The normalized spacial score (nSPS) is 18.2. The summed E-state index contributed by atoms with van der Waals surface area (Å²) in [4.78, 5) is 8.44. The van der Waals surface area contributed by atoms with E-state index in [1.807, 2.05) is 64.2 Å². The zero-order chi connectivity index (χ0) is 18.4. The van der Waals surface area contributed by atoms with Gasteiger partial charge in [0.15, 0.2) is 0 Å². The summed E-state index contributed by atoms with van der Waals surface area (Å²) in [6, 6.07) is 9.75. The molecule has 5 nitrogen and oxygen atoms in total. The van der Waals surface area contributed by atoms with Crippen molar-refractivity contribution in [1.82, 2.24) is 9.97 Å². The van der Waals surface area contributed by atoms with Crippen LogP contribution in [-0.2, 0) is 9.31 Å². The quantitative estimate of drug-likeness (QED) is 0.676. The van der Waals surface area contributed by atoms with Crippen molar-refractivity contribution in [3.05, 3.63) is 55.1 Å². The van der Waals surface area contributed by atoms with Crippen molar-refractivity contribution in [3.8, 4) is 22.5 Å². The molecule has 0 spiro atoms. The van der Waals surface area contributed by atoms with Gasteiger partial charge in [-0.25, -0.2) is 0 Å². The van der Waals surface area contributed by atoms with Gasteiger partial charge in [-0.2, -0.15) is 0 Å². The molecule has 0 aromatic carbocycles. The van der Waals surface area contributed by atoms with E-state index in [9.17, 15) is 0 Å². The highest BCUT2D eigenvalue weighted by Crippen LogP contribution is 2.38. The number of nitrogens with zero attached hydrogens (tertiary/aromatic N) is 2. The summed E-state index contributed by atoms with van der Waals surface area (Å²) in [5.41, 5.74) is 2.60. The molecule has 0 radical (unpaired) electrons. The van der Waals surface area contributed by atoms with Crippen molar-refractivity contribution in [2.75, 3.05) is 0 Å². The third kappa shape index (κ3) is 2.85. The molecule has 4 heterocycles. The van der Waals surface area contributed by atoms with Gasteiger partial charge >= 0.3 is 7.12 Å². The number of aromatic nitrogens is 2. The number of pyridine rings is 2. The SMILES string of the molecule is CC1(C)OB(c2cc(-c3cccnc3)c(-c3cccnc3)o2)OC1(C)C. The molecular weight excluding hydrogens is 327 g/mol. The second-order valence-electron chi connectivity index (χ2n) is 7.46. The van der Waals surface area contributed by atoms with Crippen molar-refractivity contribution in [2.45, 2.75) is 38.9 Å². The van der Waals surface area contributed by atoms with E-state index in [0.717, 1.165) is 22.5 Å². The van der Waals surface area contributed by atoms with Gasteiger partial charge < -0.3 is 13.7 Å². The molecule has 3 aromatic heterocycles. The topological polar surface area (TPSA) is 57.4 Å². The van der Waals surface area contributed by atoms with E-state index in [-0.39, 0.29) is 0 Å². The maximum absolute atomic E-state index is 6.21. The van der Waals surface area contributed by atoms with Crippen molar-refractivity contribution in [2.24, 2.45) is 0 Å². The summed E-state index contributed by atoms with van der Waals surface area (Å²) < 4.78 is 18.5. The molecule has 0 N–H and O–H groups in total. The number of hydrogen-bond acceptors (Lipinski definition) is 5. The van der Waals surface area contributed by atoms with Gasteiger partial charge in [-0.15, -0.1) is 0 Å². The van der Waals surface area contributed by atoms with Gasteiger partial charge in [-0.3, -0.25) is 9.97 Å².